The number of unbranched alkanes of at least 4 members (excludes halogenated alkanes) is 11. The Kier molecular flexibility index (Phi) is 19.6. The van der Waals surface area contributed by atoms with E-state index < -0.39 is 33.2 Å². The Bertz CT molecular complexity index is 476. The quantitative estimate of drug-likeness (QED) is 0.0853. The molecule has 3 atom stereocenters. The highest BCUT2D eigenvalue weighted by atomic mass is 31.2. The highest BCUT2D eigenvalue weighted by molar-refractivity contribution is 7.47. The van der Waals surface area contributed by atoms with Gasteiger partial charge in [0.1, 0.15) is 0 Å². The third-order valence-corrected chi connectivity index (χ3v) is 5.75. The molecular weight excluding hydrogens is 409 g/mol. The van der Waals surface area contributed by atoms with Crippen LogP contribution in [0.5, 0.6) is 0 Å². The van der Waals surface area contributed by atoms with Gasteiger partial charge >= 0.3 is 7.82 Å². The van der Waals surface area contributed by atoms with E-state index in [0.29, 0.717) is 6.41 Å². The molecule has 0 fully saturated rings. The Balaban J connectivity index is 3.90. The van der Waals surface area contributed by atoms with Gasteiger partial charge in [0.05, 0.1) is 32.0 Å². The maximum atomic E-state index is 11.6. The maximum absolute atomic E-state index is 11.6. The molecule has 0 radical (unpaired) electrons. The number of phosphoric ester groups is 1. The third-order valence-electron chi connectivity index (χ3n) is 4.76. The number of carbonyl (C=O) groups excluding carboxylic acids is 1. The van der Waals surface area contributed by atoms with E-state index >= 15 is 0 Å². The molecular formula is C21H42NO7P. The monoisotopic (exact) mass is 451 g/mol. The largest absolute Gasteiger partial charge is 0.472 e. The van der Waals surface area contributed by atoms with Gasteiger partial charge in [-0.25, -0.2) is 4.57 Å². The molecule has 0 aliphatic carbocycles. The first-order valence-corrected chi connectivity index (χ1v) is 12.7. The van der Waals surface area contributed by atoms with Crippen LogP contribution in [-0.4, -0.2) is 53.5 Å². The normalized spacial score (nSPS) is 15.7. The van der Waals surface area contributed by atoms with Crippen molar-refractivity contribution >= 4 is 14.2 Å². The molecule has 0 rings (SSSR count). The van der Waals surface area contributed by atoms with Crippen LogP contribution < -0.4 is 5.32 Å². The summed E-state index contributed by atoms with van der Waals surface area (Å²) in [5.74, 6) is 0. The fraction of sp³-hybridized carbons (Fsp3) is 0.857. The molecule has 0 aromatic heterocycles. The summed E-state index contributed by atoms with van der Waals surface area (Å²) < 4.78 is 20.8. The van der Waals surface area contributed by atoms with Crippen LogP contribution in [0.3, 0.4) is 0 Å². The lowest BCUT2D eigenvalue weighted by Crippen LogP contribution is -2.41. The summed E-state index contributed by atoms with van der Waals surface area (Å²) >= 11 is 0. The zero-order valence-electron chi connectivity index (χ0n) is 18.4. The number of nitrogens with one attached hydrogen (secondary N) is 1. The number of rotatable bonds is 22. The average molecular weight is 452 g/mol. The fourth-order valence-electron chi connectivity index (χ4n) is 3.00. The van der Waals surface area contributed by atoms with Gasteiger partial charge in [-0.15, -0.1) is 0 Å². The van der Waals surface area contributed by atoms with Gasteiger partial charge in [0.25, 0.3) is 0 Å². The van der Waals surface area contributed by atoms with Crippen molar-refractivity contribution in [2.24, 2.45) is 0 Å². The molecule has 0 spiro atoms. The van der Waals surface area contributed by atoms with Gasteiger partial charge in [0, 0.05) is 0 Å². The Morgan fingerprint density at radius 3 is 2.07 bits per heavy atom. The molecule has 0 aliphatic rings. The molecule has 0 aromatic carbocycles. The van der Waals surface area contributed by atoms with E-state index in [1.807, 2.05) is 6.08 Å². The molecule has 0 saturated heterocycles. The van der Waals surface area contributed by atoms with Gasteiger partial charge < -0.3 is 20.4 Å². The van der Waals surface area contributed by atoms with Crippen molar-refractivity contribution in [3.8, 4) is 0 Å². The van der Waals surface area contributed by atoms with Crippen LogP contribution in [0, 0.1) is 0 Å². The maximum Gasteiger partial charge on any atom is 0.472 e. The predicted molar refractivity (Wildman–Crippen MR) is 118 cm³/mol. The van der Waals surface area contributed by atoms with Crippen LogP contribution in [0.15, 0.2) is 12.2 Å². The Labute approximate surface area is 181 Å². The lowest BCUT2D eigenvalue weighted by Gasteiger charge is -2.21. The molecule has 0 heterocycles. The molecule has 0 aromatic rings. The Morgan fingerprint density at radius 2 is 1.53 bits per heavy atom. The van der Waals surface area contributed by atoms with Crippen LogP contribution >= 0.6 is 7.82 Å². The highest BCUT2D eigenvalue weighted by Crippen LogP contribution is 2.43. The molecule has 0 saturated carbocycles. The van der Waals surface area contributed by atoms with Gasteiger partial charge in [0.2, 0.25) is 6.41 Å². The smallest absolute Gasteiger partial charge is 0.394 e. The van der Waals surface area contributed by atoms with Gasteiger partial charge in [-0.2, -0.15) is 0 Å². The predicted octanol–water partition coefficient (Wildman–Crippen LogP) is 3.85. The number of hydrogen-bond donors (Lipinski definition) is 4. The topological polar surface area (TPSA) is 125 Å². The summed E-state index contributed by atoms with van der Waals surface area (Å²) in [6.45, 7) is 1.06. The van der Waals surface area contributed by atoms with Crippen LogP contribution in [0.2, 0.25) is 0 Å². The summed E-state index contributed by atoms with van der Waals surface area (Å²) in [6, 6.07) is -0.880. The average Bonchev–Trinajstić information content (AvgIpc) is 2.72. The van der Waals surface area contributed by atoms with E-state index in [9.17, 15) is 19.4 Å². The van der Waals surface area contributed by atoms with E-state index in [-0.39, 0.29) is 6.61 Å². The van der Waals surface area contributed by atoms with Crippen LogP contribution in [0.25, 0.3) is 0 Å². The summed E-state index contributed by atoms with van der Waals surface area (Å²) in [6.07, 6.45) is 17.6. The van der Waals surface area contributed by atoms with Crippen LogP contribution in [-0.2, 0) is 18.4 Å². The van der Waals surface area contributed by atoms with Crippen molar-refractivity contribution < 1.29 is 33.5 Å². The van der Waals surface area contributed by atoms with Crippen molar-refractivity contribution in [1.82, 2.24) is 5.32 Å². The van der Waals surface area contributed by atoms with Crippen LogP contribution in [0.4, 0.5) is 0 Å². The van der Waals surface area contributed by atoms with E-state index in [2.05, 4.69) is 16.8 Å². The summed E-state index contributed by atoms with van der Waals surface area (Å²) in [5, 5.41) is 21.1. The second kappa shape index (κ2) is 20.2. The molecule has 4 N–H and O–H groups in total. The number of aliphatic hydroxyl groups is 2. The lowest BCUT2D eigenvalue weighted by atomic mass is 10.0. The lowest BCUT2D eigenvalue weighted by molar-refractivity contribution is -0.111. The Hall–Kier alpha value is -0.760. The molecule has 1 amide bonds. The first-order valence-electron chi connectivity index (χ1n) is 11.2. The summed E-state index contributed by atoms with van der Waals surface area (Å²) in [7, 11) is -4.34. The molecule has 2 unspecified atom stereocenters. The fourth-order valence-corrected chi connectivity index (χ4v) is 3.73. The van der Waals surface area contributed by atoms with Crippen molar-refractivity contribution in [2.45, 2.75) is 96.1 Å². The summed E-state index contributed by atoms with van der Waals surface area (Å²) in [5.41, 5.74) is 0. The molecule has 0 bridgehead atoms. The summed E-state index contributed by atoms with van der Waals surface area (Å²) in [4.78, 5) is 20.1. The first-order chi connectivity index (χ1) is 14.5. The number of hydrogen-bond acceptors (Lipinski definition) is 6. The standard InChI is InChI=1S/C21H42NO7P/c1-2-3-4-5-6-7-8-9-10-11-12-13-14-15-21(25)20(22-19-24)18-29-30(26,27)28-17-16-23/h14-15,19-21,23,25H,2-13,16-18H2,1H3,(H,22,24)(H,26,27)/b15-14+/t20?,21-/m1/s1. The number of phosphoric acid groups is 1. The van der Waals surface area contributed by atoms with Gasteiger partial charge in [-0.1, -0.05) is 83.3 Å². The van der Waals surface area contributed by atoms with Gasteiger partial charge in [0.15, 0.2) is 0 Å². The van der Waals surface area contributed by atoms with Crippen molar-refractivity contribution in [3.63, 3.8) is 0 Å². The molecule has 9 heteroatoms. The molecule has 30 heavy (non-hydrogen) atoms. The van der Waals surface area contributed by atoms with E-state index in [0.717, 1.165) is 19.3 Å². The zero-order valence-corrected chi connectivity index (χ0v) is 19.3. The second-order valence-electron chi connectivity index (χ2n) is 7.46. The second-order valence-corrected chi connectivity index (χ2v) is 8.91. The highest BCUT2D eigenvalue weighted by Gasteiger charge is 2.25. The number of carbonyl (C=O) groups is 1. The number of amides is 1. The van der Waals surface area contributed by atoms with E-state index in [1.165, 1.54) is 57.8 Å². The minimum Gasteiger partial charge on any atom is -0.394 e. The SMILES string of the molecule is CCCCCCCCCCCCC/C=C/[C@@H](O)C(COP(=O)(O)OCCO)NC=O. The Morgan fingerprint density at radius 1 is 0.967 bits per heavy atom. The van der Waals surface area contributed by atoms with Crippen LogP contribution in [0.1, 0.15) is 84.0 Å². The molecule has 178 valence electrons. The minimum atomic E-state index is -4.34. The van der Waals surface area contributed by atoms with E-state index in [4.69, 9.17) is 9.63 Å². The first kappa shape index (κ1) is 29.2. The van der Waals surface area contributed by atoms with Gasteiger partial charge in [-0.3, -0.25) is 13.8 Å². The number of aliphatic hydroxyl groups excluding tert-OH is 2. The number of allylic oxidation sites excluding steroid dienone is 1. The van der Waals surface area contributed by atoms with Crippen molar-refractivity contribution in [3.05, 3.63) is 12.2 Å². The molecule has 8 nitrogen and oxygen atoms in total. The minimum absolute atomic E-state index is 0.346. The van der Waals surface area contributed by atoms with Crippen molar-refractivity contribution in [1.29, 1.82) is 0 Å². The van der Waals surface area contributed by atoms with E-state index in [1.54, 1.807) is 6.08 Å². The van der Waals surface area contributed by atoms with Crippen molar-refractivity contribution in [2.75, 3.05) is 19.8 Å². The molecule has 0 aliphatic heterocycles. The third kappa shape index (κ3) is 18.0. The van der Waals surface area contributed by atoms with Gasteiger partial charge in [-0.05, 0) is 12.8 Å². The zero-order chi connectivity index (χ0) is 22.5.